The number of phenols is 1. The zero-order valence-electron chi connectivity index (χ0n) is 24.2. The predicted molar refractivity (Wildman–Crippen MR) is 162 cm³/mol. The van der Waals surface area contributed by atoms with Crippen molar-refractivity contribution in [2.45, 2.75) is 71.8 Å². The number of nitrogens with zero attached hydrogens (tertiary/aromatic N) is 2. The number of aromatic hydroxyl groups is 1. The van der Waals surface area contributed by atoms with E-state index in [0.717, 1.165) is 44.8 Å². The van der Waals surface area contributed by atoms with Gasteiger partial charge in [-0.25, -0.2) is 0 Å². The zero-order chi connectivity index (χ0) is 27.2. The molecule has 5 rings (SSSR count). The van der Waals surface area contributed by atoms with E-state index in [-0.39, 0.29) is 5.41 Å². The second-order valence-corrected chi connectivity index (χ2v) is 12.2. The van der Waals surface area contributed by atoms with E-state index < -0.39 is 0 Å². The normalized spacial score (nSPS) is 19.2. The third-order valence-corrected chi connectivity index (χ3v) is 8.91. The minimum Gasteiger partial charge on any atom is -0.508 e. The second-order valence-electron chi connectivity index (χ2n) is 12.2. The average molecular weight is 527 g/mol. The van der Waals surface area contributed by atoms with Gasteiger partial charge in [-0.2, -0.15) is 0 Å². The zero-order valence-corrected chi connectivity index (χ0v) is 24.2. The van der Waals surface area contributed by atoms with Gasteiger partial charge in [0.2, 0.25) is 0 Å². The highest BCUT2D eigenvalue weighted by Gasteiger charge is 2.37. The first-order valence-electron chi connectivity index (χ1n) is 15.0. The van der Waals surface area contributed by atoms with Crippen molar-refractivity contribution in [3.8, 4) is 11.5 Å². The standard InChI is InChI=1S/C35H46N2O2/c1-4-37(26-27-13-17-31(18-14-27)39-22-21-36-19-9-5-6-10-20-36)34-12-8-7-11-32(34)33-24-28-15-16-30(38)23-29(28)25-35(33,2)3/h7-8,11-18,23,33,38H,4-6,9-10,19-22,24-26H2,1-3H3. The fourth-order valence-electron chi connectivity index (χ4n) is 6.62. The molecule has 3 aromatic carbocycles. The Labute approximate surface area is 235 Å². The summed E-state index contributed by atoms with van der Waals surface area (Å²) in [5, 5.41) is 10.0. The average Bonchev–Trinajstić information content (AvgIpc) is 3.21. The van der Waals surface area contributed by atoms with Crippen molar-refractivity contribution in [2.24, 2.45) is 5.41 Å². The lowest BCUT2D eigenvalue weighted by atomic mass is 9.64. The van der Waals surface area contributed by atoms with Gasteiger partial charge < -0.3 is 14.7 Å². The van der Waals surface area contributed by atoms with Crippen molar-refractivity contribution in [1.82, 2.24) is 4.90 Å². The van der Waals surface area contributed by atoms with Crippen LogP contribution in [0.25, 0.3) is 0 Å². The number of anilines is 1. The third-order valence-electron chi connectivity index (χ3n) is 8.91. The van der Waals surface area contributed by atoms with E-state index in [1.807, 2.05) is 12.1 Å². The number of ether oxygens (including phenoxy) is 1. The van der Waals surface area contributed by atoms with Crippen LogP contribution in [0, 0.1) is 5.41 Å². The molecular formula is C35H46N2O2. The molecule has 208 valence electrons. The molecule has 3 aromatic rings. The van der Waals surface area contributed by atoms with Crippen molar-refractivity contribution in [2.75, 3.05) is 37.7 Å². The van der Waals surface area contributed by atoms with E-state index in [1.54, 1.807) is 0 Å². The topological polar surface area (TPSA) is 35.9 Å². The minimum absolute atomic E-state index is 0.0998. The highest BCUT2D eigenvalue weighted by Crippen LogP contribution is 2.48. The molecule has 1 aliphatic heterocycles. The Hall–Kier alpha value is -2.98. The van der Waals surface area contributed by atoms with Gasteiger partial charge in [-0.3, -0.25) is 4.90 Å². The minimum atomic E-state index is 0.0998. The van der Waals surface area contributed by atoms with Crippen molar-refractivity contribution in [3.63, 3.8) is 0 Å². The quantitative estimate of drug-likeness (QED) is 0.312. The molecule has 4 heteroatoms. The van der Waals surface area contributed by atoms with Crippen LogP contribution in [-0.2, 0) is 19.4 Å². The summed E-state index contributed by atoms with van der Waals surface area (Å²) in [5.74, 6) is 1.75. The van der Waals surface area contributed by atoms with E-state index in [2.05, 4.69) is 85.2 Å². The lowest BCUT2D eigenvalue weighted by Gasteiger charge is -2.42. The Balaban J connectivity index is 1.26. The molecule has 0 aromatic heterocycles. The van der Waals surface area contributed by atoms with E-state index >= 15 is 0 Å². The summed E-state index contributed by atoms with van der Waals surface area (Å²) in [6.45, 7) is 13.0. The van der Waals surface area contributed by atoms with Crippen LogP contribution in [0.3, 0.4) is 0 Å². The molecule has 1 fully saturated rings. The van der Waals surface area contributed by atoms with Crippen LogP contribution in [0.1, 0.15) is 74.6 Å². The fraction of sp³-hybridized carbons (Fsp3) is 0.486. The molecule has 0 amide bonds. The molecule has 0 saturated carbocycles. The number of hydrogen-bond acceptors (Lipinski definition) is 4. The number of phenolic OH excluding ortho intramolecular Hbond substituents is 1. The van der Waals surface area contributed by atoms with Gasteiger partial charge in [0.05, 0.1) is 0 Å². The molecule has 1 atom stereocenters. The molecule has 1 heterocycles. The molecule has 0 bridgehead atoms. The van der Waals surface area contributed by atoms with Crippen LogP contribution in [0.4, 0.5) is 5.69 Å². The summed E-state index contributed by atoms with van der Waals surface area (Å²) >= 11 is 0. The summed E-state index contributed by atoms with van der Waals surface area (Å²) in [5.41, 5.74) is 6.81. The Morgan fingerprint density at radius 1 is 0.923 bits per heavy atom. The summed E-state index contributed by atoms with van der Waals surface area (Å²) < 4.78 is 6.11. The molecular weight excluding hydrogens is 480 g/mol. The monoisotopic (exact) mass is 526 g/mol. The Bertz CT molecular complexity index is 1210. The Morgan fingerprint density at radius 3 is 2.41 bits per heavy atom. The van der Waals surface area contributed by atoms with Gasteiger partial charge in [0.15, 0.2) is 0 Å². The molecule has 1 N–H and O–H groups in total. The maximum atomic E-state index is 10.0. The van der Waals surface area contributed by atoms with Gasteiger partial charge >= 0.3 is 0 Å². The van der Waals surface area contributed by atoms with Crippen molar-refractivity contribution in [3.05, 3.63) is 89.0 Å². The van der Waals surface area contributed by atoms with Crippen LogP contribution >= 0.6 is 0 Å². The largest absolute Gasteiger partial charge is 0.508 e. The number of para-hydroxylation sites is 1. The number of hydrogen-bond donors (Lipinski definition) is 1. The van der Waals surface area contributed by atoms with Crippen LogP contribution < -0.4 is 9.64 Å². The van der Waals surface area contributed by atoms with E-state index in [4.69, 9.17) is 4.74 Å². The van der Waals surface area contributed by atoms with Crippen molar-refractivity contribution in [1.29, 1.82) is 0 Å². The summed E-state index contributed by atoms with van der Waals surface area (Å²) in [6.07, 6.45) is 7.36. The van der Waals surface area contributed by atoms with Crippen LogP contribution in [0.15, 0.2) is 66.7 Å². The molecule has 1 aliphatic carbocycles. The molecule has 4 nitrogen and oxygen atoms in total. The van der Waals surface area contributed by atoms with E-state index in [0.29, 0.717) is 11.7 Å². The van der Waals surface area contributed by atoms with Gasteiger partial charge in [-0.1, -0.05) is 63.1 Å². The van der Waals surface area contributed by atoms with E-state index in [9.17, 15) is 5.11 Å². The molecule has 1 unspecified atom stereocenters. The molecule has 0 spiro atoms. The van der Waals surface area contributed by atoms with E-state index in [1.165, 1.54) is 66.7 Å². The second kappa shape index (κ2) is 12.5. The summed E-state index contributed by atoms with van der Waals surface area (Å²) in [4.78, 5) is 5.06. The Kier molecular flexibility index (Phi) is 8.82. The number of likely N-dealkylation sites (tertiary alicyclic amines) is 1. The maximum absolute atomic E-state index is 10.0. The lowest BCUT2D eigenvalue weighted by molar-refractivity contribution is 0.214. The summed E-state index contributed by atoms with van der Waals surface area (Å²) in [6, 6.07) is 23.6. The van der Waals surface area contributed by atoms with Gasteiger partial charge in [0.1, 0.15) is 18.1 Å². The van der Waals surface area contributed by atoms with Crippen LogP contribution in [-0.4, -0.2) is 42.8 Å². The van der Waals surface area contributed by atoms with Gasteiger partial charge in [0.25, 0.3) is 0 Å². The fourth-order valence-corrected chi connectivity index (χ4v) is 6.62. The highest BCUT2D eigenvalue weighted by molar-refractivity contribution is 5.57. The van der Waals surface area contributed by atoms with Gasteiger partial charge in [-0.15, -0.1) is 0 Å². The number of rotatable bonds is 9. The molecule has 39 heavy (non-hydrogen) atoms. The molecule has 1 saturated heterocycles. The van der Waals surface area contributed by atoms with Gasteiger partial charge in [-0.05, 0) is 110 Å². The highest BCUT2D eigenvalue weighted by atomic mass is 16.5. The first kappa shape index (κ1) is 27.6. The third kappa shape index (κ3) is 6.78. The van der Waals surface area contributed by atoms with Crippen molar-refractivity contribution >= 4 is 5.69 Å². The smallest absolute Gasteiger partial charge is 0.119 e. The van der Waals surface area contributed by atoms with Gasteiger partial charge in [0, 0.05) is 25.3 Å². The number of benzene rings is 3. The first-order chi connectivity index (χ1) is 18.9. The number of fused-ring (bicyclic) bond motifs is 1. The molecule has 2 aliphatic rings. The Morgan fingerprint density at radius 2 is 1.67 bits per heavy atom. The predicted octanol–water partition coefficient (Wildman–Crippen LogP) is 7.58. The molecule has 0 radical (unpaired) electrons. The maximum Gasteiger partial charge on any atom is 0.119 e. The van der Waals surface area contributed by atoms with Crippen LogP contribution in [0.2, 0.25) is 0 Å². The van der Waals surface area contributed by atoms with Crippen molar-refractivity contribution < 1.29 is 9.84 Å². The van der Waals surface area contributed by atoms with Crippen LogP contribution in [0.5, 0.6) is 11.5 Å². The first-order valence-corrected chi connectivity index (χ1v) is 15.0. The SMILES string of the molecule is CCN(Cc1ccc(OCCN2CCCCCC2)cc1)c1ccccc1C1Cc2ccc(O)cc2CC1(C)C. The lowest BCUT2D eigenvalue weighted by Crippen LogP contribution is -2.33. The summed E-state index contributed by atoms with van der Waals surface area (Å²) in [7, 11) is 0.